The van der Waals surface area contributed by atoms with Crippen LogP contribution in [-0.4, -0.2) is 29.9 Å². The zero-order chi connectivity index (χ0) is 17.6. The van der Waals surface area contributed by atoms with E-state index in [-0.39, 0.29) is 17.9 Å². The van der Waals surface area contributed by atoms with E-state index in [1.807, 2.05) is 54.6 Å². The first-order valence-corrected chi connectivity index (χ1v) is 9.08. The van der Waals surface area contributed by atoms with E-state index in [1.165, 1.54) is 0 Å². The van der Waals surface area contributed by atoms with Crippen LogP contribution in [-0.2, 0) is 4.79 Å². The number of piperidine rings is 1. The lowest BCUT2D eigenvalue weighted by Gasteiger charge is -2.32. The van der Waals surface area contributed by atoms with E-state index in [9.17, 15) is 9.59 Å². The topological polar surface area (TPSA) is 61.4 Å². The van der Waals surface area contributed by atoms with Crippen LogP contribution in [0, 0.1) is 5.92 Å². The number of amides is 3. The van der Waals surface area contributed by atoms with Gasteiger partial charge in [-0.25, -0.2) is 4.79 Å². The molecule has 0 unspecified atom stereocenters. The van der Waals surface area contributed by atoms with Crippen molar-refractivity contribution in [3.8, 4) is 0 Å². The summed E-state index contributed by atoms with van der Waals surface area (Å²) in [6.45, 7) is 1.10. The summed E-state index contributed by atoms with van der Waals surface area (Å²) in [5, 5.41) is 5.81. The van der Waals surface area contributed by atoms with Crippen molar-refractivity contribution in [1.82, 2.24) is 4.90 Å². The first kappa shape index (κ1) is 17.5. The molecule has 1 saturated heterocycles. The van der Waals surface area contributed by atoms with E-state index in [0.717, 1.165) is 28.7 Å². The first-order valence-electron chi connectivity index (χ1n) is 8.29. The highest BCUT2D eigenvalue weighted by Crippen LogP contribution is 2.21. The maximum absolute atomic E-state index is 12.5. The van der Waals surface area contributed by atoms with Crippen molar-refractivity contribution < 1.29 is 9.59 Å². The van der Waals surface area contributed by atoms with E-state index in [0.29, 0.717) is 13.1 Å². The Balaban J connectivity index is 1.57. The Kier molecular flexibility index (Phi) is 5.71. The van der Waals surface area contributed by atoms with Crippen LogP contribution in [0.1, 0.15) is 12.8 Å². The predicted octanol–water partition coefficient (Wildman–Crippen LogP) is 4.33. The number of nitrogens with zero attached hydrogens (tertiary/aromatic N) is 1. The minimum absolute atomic E-state index is 0.0421. The van der Waals surface area contributed by atoms with Gasteiger partial charge >= 0.3 is 6.03 Å². The Morgan fingerprint density at radius 1 is 0.960 bits per heavy atom. The van der Waals surface area contributed by atoms with Crippen molar-refractivity contribution in [3.63, 3.8) is 0 Å². The highest BCUT2D eigenvalue weighted by Gasteiger charge is 2.28. The molecule has 1 atom stereocenters. The van der Waals surface area contributed by atoms with Gasteiger partial charge in [-0.2, -0.15) is 0 Å². The van der Waals surface area contributed by atoms with Gasteiger partial charge in [0.1, 0.15) is 0 Å². The number of hydrogen-bond donors (Lipinski definition) is 2. The zero-order valence-electron chi connectivity index (χ0n) is 13.7. The fourth-order valence-corrected chi connectivity index (χ4v) is 3.14. The van der Waals surface area contributed by atoms with Gasteiger partial charge < -0.3 is 15.5 Å². The fourth-order valence-electron chi connectivity index (χ4n) is 2.88. The molecule has 2 aromatic carbocycles. The third kappa shape index (κ3) is 4.82. The molecule has 1 fully saturated rings. The summed E-state index contributed by atoms with van der Waals surface area (Å²) in [5.74, 6) is -0.238. The lowest BCUT2D eigenvalue weighted by molar-refractivity contribution is -0.121. The molecule has 0 spiro atoms. The quantitative estimate of drug-likeness (QED) is 0.803. The monoisotopic (exact) mass is 401 g/mol. The number of hydrogen-bond acceptors (Lipinski definition) is 2. The van der Waals surface area contributed by atoms with Crippen molar-refractivity contribution in [1.29, 1.82) is 0 Å². The highest BCUT2D eigenvalue weighted by atomic mass is 79.9. The number of rotatable bonds is 3. The molecule has 0 aliphatic carbocycles. The lowest BCUT2D eigenvalue weighted by Crippen LogP contribution is -2.45. The zero-order valence-corrected chi connectivity index (χ0v) is 15.3. The van der Waals surface area contributed by atoms with Crippen LogP contribution in [0.5, 0.6) is 0 Å². The molecular weight excluding hydrogens is 382 g/mol. The molecule has 5 nitrogen and oxygen atoms in total. The Labute approximate surface area is 155 Å². The van der Waals surface area contributed by atoms with Crippen LogP contribution < -0.4 is 10.6 Å². The summed E-state index contributed by atoms with van der Waals surface area (Å²) in [6.07, 6.45) is 1.61. The number of likely N-dealkylation sites (tertiary alicyclic amines) is 1. The fraction of sp³-hybridized carbons (Fsp3) is 0.263. The third-order valence-corrected chi connectivity index (χ3v) is 4.74. The normalized spacial score (nSPS) is 17.0. The number of carbonyl (C=O) groups is 2. The molecule has 130 valence electrons. The molecule has 3 amide bonds. The number of anilines is 2. The van der Waals surface area contributed by atoms with Crippen LogP contribution >= 0.6 is 15.9 Å². The molecule has 1 aliphatic rings. The molecule has 2 N–H and O–H groups in total. The standard InChI is InChI=1S/C19H20BrN3O2/c20-15-8-10-17(11-9-15)21-18(24)14-5-4-12-23(13-14)19(25)22-16-6-2-1-3-7-16/h1-3,6-11,14H,4-5,12-13H2,(H,21,24)(H,22,25)/t14-/m1/s1. The number of para-hydroxylation sites is 1. The van der Waals surface area contributed by atoms with Crippen LogP contribution in [0.25, 0.3) is 0 Å². The van der Waals surface area contributed by atoms with Gasteiger partial charge in [0.25, 0.3) is 0 Å². The Morgan fingerprint density at radius 3 is 2.36 bits per heavy atom. The van der Waals surface area contributed by atoms with Crippen LogP contribution in [0.4, 0.5) is 16.2 Å². The van der Waals surface area contributed by atoms with Crippen molar-refractivity contribution in [2.75, 3.05) is 23.7 Å². The third-order valence-electron chi connectivity index (χ3n) is 4.22. The van der Waals surface area contributed by atoms with Crippen LogP contribution in [0.3, 0.4) is 0 Å². The van der Waals surface area contributed by atoms with Crippen molar-refractivity contribution in [2.24, 2.45) is 5.92 Å². The molecule has 2 aromatic rings. The van der Waals surface area contributed by atoms with Gasteiger partial charge in [-0.15, -0.1) is 0 Å². The van der Waals surface area contributed by atoms with E-state index in [4.69, 9.17) is 0 Å². The van der Waals surface area contributed by atoms with Crippen molar-refractivity contribution in [3.05, 3.63) is 59.1 Å². The molecule has 25 heavy (non-hydrogen) atoms. The second-order valence-corrected chi connectivity index (χ2v) is 6.99. The molecule has 0 saturated carbocycles. The van der Waals surface area contributed by atoms with E-state index >= 15 is 0 Å². The molecule has 3 rings (SSSR count). The van der Waals surface area contributed by atoms with Crippen molar-refractivity contribution in [2.45, 2.75) is 12.8 Å². The summed E-state index contributed by atoms with van der Waals surface area (Å²) in [5.41, 5.74) is 1.52. The van der Waals surface area contributed by atoms with E-state index in [2.05, 4.69) is 26.6 Å². The second-order valence-electron chi connectivity index (χ2n) is 6.08. The highest BCUT2D eigenvalue weighted by molar-refractivity contribution is 9.10. The van der Waals surface area contributed by atoms with Gasteiger partial charge in [-0.1, -0.05) is 34.1 Å². The predicted molar refractivity (Wildman–Crippen MR) is 103 cm³/mol. The average molecular weight is 402 g/mol. The Morgan fingerprint density at radius 2 is 1.64 bits per heavy atom. The molecule has 1 aliphatic heterocycles. The summed E-state index contributed by atoms with van der Waals surface area (Å²) >= 11 is 3.38. The average Bonchev–Trinajstić information content (AvgIpc) is 2.64. The van der Waals surface area contributed by atoms with Gasteiger partial charge in [-0.3, -0.25) is 4.79 Å². The smallest absolute Gasteiger partial charge is 0.321 e. The van der Waals surface area contributed by atoms with Crippen LogP contribution in [0.15, 0.2) is 59.1 Å². The van der Waals surface area contributed by atoms with Gasteiger partial charge in [0.2, 0.25) is 5.91 Å². The molecule has 0 aromatic heterocycles. The van der Waals surface area contributed by atoms with Crippen molar-refractivity contribution >= 4 is 39.2 Å². The number of urea groups is 1. The maximum Gasteiger partial charge on any atom is 0.321 e. The molecule has 0 bridgehead atoms. The number of carbonyl (C=O) groups excluding carboxylic acids is 2. The van der Waals surface area contributed by atoms with Gasteiger partial charge in [0.15, 0.2) is 0 Å². The second kappa shape index (κ2) is 8.16. The number of halogens is 1. The largest absolute Gasteiger partial charge is 0.326 e. The maximum atomic E-state index is 12.5. The summed E-state index contributed by atoms with van der Waals surface area (Å²) < 4.78 is 0.965. The minimum Gasteiger partial charge on any atom is -0.326 e. The molecule has 6 heteroatoms. The SMILES string of the molecule is O=C(Nc1ccc(Br)cc1)[C@@H]1CCCN(C(=O)Nc2ccccc2)C1. The Hall–Kier alpha value is -2.34. The van der Waals surface area contributed by atoms with Gasteiger partial charge in [0, 0.05) is 28.9 Å². The van der Waals surface area contributed by atoms with E-state index in [1.54, 1.807) is 4.90 Å². The van der Waals surface area contributed by atoms with Gasteiger partial charge in [0.05, 0.1) is 5.92 Å². The summed E-state index contributed by atoms with van der Waals surface area (Å²) in [6, 6.07) is 16.7. The molecule has 1 heterocycles. The minimum atomic E-state index is -0.195. The Bertz CT molecular complexity index is 734. The van der Waals surface area contributed by atoms with Crippen LogP contribution in [0.2, 0.25) is 0 Å². The van der Waals surface area contributed by atoms with E-state index < -0.39 is 0 Å². The first-order chi connectivity index (χ1) is 12.1. The summed E-state index contributed by atoms with van der Waals surface area (Å²) in [4.78, 5) is 26.6. The molecular formula is C19H20BrN3O2. The molecule has 0 radical (unpaired) electrons. The summed E-state index contributed by atoms with van der Waals surface area (Å²) in [7, 11) is 0. The lowest BCUT2D eigenvalue weighted by atomic mass is 9.97. The number of benzene rings is 2. The van der Waals surface area contributed by atoms with Gasteiger partial charge in [-0.05, 0) is 49.2 Å². The number of nitrogens with one attached hydrogen (secondary N) is 2.